The van der Waals surface area contributed by atoms with Crippen molar-refractivity contribution < 1.29 is 51.0 Å². The first-order chi connectivity index (χ1) is 40.1. The number of benzene rings is 5. The van der Waals surface area contributed by atoms with E-state index < -0.39 is 25.9 Å². The fourth-order valence-corrected chi connectivity index (χ4v) is 13.2. The highest BCUT2D eigenvalue weighted by Gasteiger charge is 2.30. The molecule has 0 spiro atoms. The number of aryl methyl sites for hydroxylation is 2. The van der Waals surface area contributed by atoms with E-state index in [0.717, 1.165) is 40.8 Å². The van der Waals surface area contributed by atoms with Gasteiger partial charge in [0.1, 0.15) is 18.5 Å². The Morgan fingerprint density at radius 3 is 1.96 bits per heavy atom. The lowest BCUT2D eigenvalue weighted by Gasteiger charge is -2.34. The zero-order chi connectivity index (χ0) is 61.4. The number of carbonyl (C=O) groups excluding carboxylic acids is 2. The van der Waals surface area contributed by atoms with Crippen molar-refractivity contribution in [1.29, 1.82) is 0 Å². The monoisotopic (exact) mass is 1210 g/mol. The van der Waals surface area contributed by atoms with Gasteiger partial charge >= 0.3 is 0 Å². The third-order valence-electron chi connectivity index (χ3n) is 14.2. The van der Waals surface area contributed by atoms with Crippen molar-refractivity contribution >= 4 is 72.1 Å². The maximum Gasteiger partial charge on any atom is 0.275 e. The summed E-state index contributed by atoms with van der Waals surface area (Å²) in [6.45, 7) is 26.9. The lowest BCUT2D eigenvalue weighted by atomic mass is 9.97. The fourth-order valence-electron chi connectivity index (χ4n) is 9.54. The van der Waals surface area contributed by atoms with Crippen molar-refractivity contribution in [3.05, 3.63) is 142 Å². The van der Waals surface area contributed by atoms with E-state index in [1.807, 2.05) is 43.5 Å². The van der Waals surface area contributed by atoms with Crippen LogP contribution in [-0.2, 0) is 50.4 Å². The van der Waals surface area contributed by atoms with Crippen LogP contribution < -0.4 is 34.5 Å². The lowest BCUT2D eigenvalue weighted by Crippen LogP contribution is -2.39. The number of hydrogen-bond acceptors (Lipinski definition) is 16. The number of Topliss-reactive ketones (excluding diaryl/α,β-unsaturated/α-hetero) is 2. The van der Waals surface area contributed by atoms with Gasteiger partial charge in [0.2, 0.25) is 0 Å². The normalized spacial score (nSPS) is 12.9. The van der Waals surface area contributed by atoms with Crippen LogP contribution in [0.15, 0.2) is 103 Å². The topological polar surface area (TPSA) is 184 Å². The molecular formula is C66H90N4O11S3. The highest BCUT2D eigenvalue weighted by molar-refractivity contribution is 8.77. The number of rotatable bonds is 39. The maximum atomic E-state index is 13.1. The first kappa shape index (κ1) is 68.9. The van der Waals surface area contributed by atoms with Gasteiger partial charge in [-0.3, -0.25) is 19.1 Å². The van der Waals surface area contributed by atoms with Gasteiger partial charge in [-0.1, -0.05) is 97.5 Å². The molecule has 0 amide bonds. The lowest BCUT2D eigenvalue weighted by molar-refractivity contribution is -0.118. The van der Waals surface area contributed by atoms with Crippen molar-refractivity contribution in [1.82, 2.24) is 5.32 Å². The predicted octanol–water partition coefficient (Wildman–Crippen LogP) is 13.4. The number of methoxy groups -OCH3 is 3. The summed E-state index contributed by atoms with van der Waals surface area (Å²) in [5, 5.41) is 5.43. The average molecular weight is 1210 g/mol. The van der Waals surface area contributed by atoms with E-state index in [1.165, 1.54) is 33.0 Å². The molecule has 0 fully saturated rings. The largest absolute Gasteiger partial charge is 0.493 e. The molecule has 84 heavy (non-hydrogen) atoms. The molecule has 5 rings (SSSR count). The predicted molar refractivity (Wildman–Crippen MR) is 348 cm³/mol. The van der Waals surface area contributed by atoms with E-state index >= 15 is 0 Å². The Hall–Kier alpha value is -5.86. The highest BCUT2D eigenvalue weighted by atomic mass is 33.1. The van der Waals surface area contributed by atoms with Crippen molar-refractivity contribution in [3.8, 4) is 23.0 Å². The number of hydrogen-bond donors (Lipinski definition) is 3. The van der Waals surface area contributed by atoms with Crippen LogP contribution in [0.1, 0.15) is 111 Å². The Morgan fingerprint density at radius 1 is 0.798 bits per heavy atom. The zero-order valence-corrected chi connectivity index (χ0v) is 53.9. The molecule has 0 radical (unpaired) electrons. The Labute approximate surface area is 508 Å². The number of allylic oxidation sites excluding steroid dienone is 1. The van der Waals surface area contributed by atoms with Gasteiger partial charge in [-0.25, -0.2) is 0 Å². The Balaban J connectivity index is 1.52. The Bertz CT molecular complexity index is 3100. The number of nitrogens with one attached hydrogen (secondary N) is 2. The SMILES string of the molecule is C=C(C)c1cc(OC)c(OCc2cc(COc3cc(NC[C@@H](C)Cc4ccccc4C)c(C(C)=O)cc3OC)cc(N(CCOCCNCCOC)CC(C)(C)SSCCC(C(=O)CC)S(=O)(=O)O)c2)cc1N=CC(C)Cc1ccccc1C. The molecule has 0 saturated carbocycles. The van der Waals surface area contributed by atoms with Crippen LogP contribution in [0, 0.1) is 25.7 Å². The van der Waals surface area contributed by atoms with Crippen molar-refractivity contribution in [3.63, 3.8) is 0 Å². The average Bonchev–Trinajstić information content (AvgIpc) is 2.88. The molecule has 0 aliphatic heterocycles. The van der Waals surface area contributed by atoms with Gasteiger partial charge in [0.15, 0.2) is 34.6 Å². The molecule has 0 aliphatic carbocycles. The van der Waals surface area contributed by atoms with Crippen molar-refractivity contribution in [2.45, 2.75) is 111 Å². The molecule has 0 heterocycles. The van der Waals surface area contributed by atoms with Crippen molar-refractivity contribution in [2.75, 3.05) is 89.8 Å². The molecule has 15 nitrogen and oxygen atoms in total. The van der Waals surface area contributed by atoms with E-state index in [1.54, 1.807) is 52.0 Å². The summed E-state index contributed by atoms with van der Waals surface area (Å²) in [5.74, 6) is 2.02. The third-order valence-corrected chi connectivity index (χ3v) is 18.7. The number of aliphatic imine (C=N–C) groups is 1. The van der Waals surface area contributed by atoms with Gasteiger partial charge in [-0.2, -0.15) is 8.42 Å². The molecule has 0 aromatic heterocycles. The van der Waals surface area contributed by atoms with E-state index in [4.69, 9.17) is 33.4 Å². The van der Waals surface area contributed by atoms with Crippen LogP contribution >= 0.6 is 21.6 Å². The summed E-state index contributed by atoms with van der Waals surface area (Å²) in [6, 6.07) is 30.4. The third kappa shape index (κ3) is 22.2. The number of nitrogens with zero attached hydrogens (tertiary/aromatic N) is 2. The van der Waals surface area contributed by atoms with Gasteiger partial charge in [-0.15, -0.1) is 0 Å². The van der Waals surface area contributed by atoms with E-state index in [0.29, 0.717) is 98.2 Å². The molecule has 0 aliphatic rings. The quantitative estimate of drug-likeness (QED) is 0.0111. The first-order valence-corrected chi connectivity index (χ1v) is 32.6. The molecular weight excluding hydrogens is 1120 g/mol. The molecule has 3 N–H and O–H groups in total. The van der Waals surface area contributed by atoms with Crippen LogP contribution in [-0.4, -0.2) is 120 Å². The summed E-state index contributed by atoms with van der Waals surface area (Å²) in [4.78, 5) is 33.0. The standard InChI is InChI=1S/C66H90N4O11S3/c1-14-60(72)65(84(73,74)75)23-30-82-83-66(9,10)44-70(26-29-79-28-25-67-24-27-76-11)55-34-51(42-80-63-38-58(56(45(2)3)36-61(63)77-12)68-40-46(4)31-53-21-17-15-19-48(53)6)33-52(35-55)43-81-64-39-59(57(50(8)71)37-62(64)78-13)69-41-47(5)32-54-22-18-16-20-49(54)7/h15-22,33-40,46-47,65,67,69H,2,14,23-32,41-44H2,1,3-13H3,(H,73,74,75)/t46?,47-,65?/m0/s1. The van der Waals surface area contributed by atoms with Gasteiger partial charge in [0, 0.05) is 97.6 Å². The minimum atomic E-state index is -4.55. The van der Waals surface area contributed by atoms with Crippen LogP contribution in [0.25, 0.3) is 5.57 Å². The molecule has 0 bridgehead atoms. The van der Waals surface area contributed by atoms with Crippen LogP contribution in [0.2, 0.25) is 0 Å². The van der Waals surface area contributed by atoms with Crippen LogP contribution in [0.4, 0.5) is 17.1 Å². The summed E-state index contributed by atoms with van der Waals surface area (Å²) in [6.07, 6.45) is 3.70. The summed E-state index contributed by atoms with van der Waals surface area (Å²) >= 11 is 0. The number of carbonyl (C=O) groups is 2. The van der Waals surface area contributed by atoms with Gasteiger partial charge in [0.05, 0.1) is 39.7 Å². The molecule has 5 aromatic rings. The Morgan fingerprint density at radius 2 is 1.39 bits per heavy atom. The fraction of sp³-hybridized carbons (Fsp3) is 0.470. The first-order valence-electron chi connectivity index (χ1n) is 28.7. The molecule has 2 unspecified atom stereocenters. The molecule has 458 valence electrons. The second-order valence-corrected chi connectivity index (χ2v) is 26.8. The molecule has 18 heteroatoms. The van der Waals surface area contributed by atoms with Gasteiger partial charge in [0.25, 0.3) is 10.1 Å². The zero-order valence-electron chi connectivity index (χ0n) is 51.4. The molecule has 3 atom stereocenters. The minimum Gasteiger partial charge on any atom is -0.493 e. The number of ketones is 2. The van der Waals surface area contributed by atoms with Crippen LogP contribution in [0.5, 0.6) is 23.0 Å². The summed E-state index contributed by atoms with van der Waals surface area (Å²) in [7, 11) is 3.34. The maximum absolute atomic E-state index is 13.1. The van der Waals surface area contributed by atoms with E-state index in [-0.39, 0.29) is 43.7 Å². The van der Waals surface area contributed by atoms with E-state index in [2.05, 4.69) is 118 Å². The second kappa shape index (κ2) is 34.3. The minimum absolute atomic E-state index is 0.00476. The molecule has 5 aromatic carbocycles. The van der Waals surface area contributed by atoms with Crippen molar-refractivity contribution in [2.24, 2.45) is 16.8 Å². The number of anilines is 2. The Kier molecular flexibility index (Phi) is 28.2. The van der Waals surface area contributed by atoms with Gasteiger partial charge in [-0.05, 0) is 142 Å². The smallest absolute Gasteiger partial charge is 0.275 e. The number of ether oxygens (including phenoxy) is 6. The summed E-state index contributed by atoms with van der Waals surface area (Å²) < 4.78 is 70.5. The second-order valence-electron chi connectivity index (χ2n) is 22.0. The highest BCUT2D eigenvalue weighted by Crippen LogP contribution is 2.41. The van der Waals surface area contributed by atoms with Gasteiger partial charge < -0.3 is 44.0 Å². The van der Waals surface area contributed by atoms with Crippen LogP contribution in [0.3, 0.4) is 0 Å². The van der Waals surface area contributed by atoms with E-state index in [9.17, 15) is 22.6 Å². The molecule has 0 saturated heterocycles. The summed E-state index contributed by atoms with van der Waals surface area (Å²) in [5.41, 5.74) is 11.1.